The molecule has 1 aromatic carbocycles. The Hall–Kier alpha value is -2.89. The first-order valence-electron chi connectivity index (χ1n) is 9.59. The van der Waals surface area contributed by atoms with Crippen molar-refractivity contribution >= 4 is 17.6 Å². The van der Waals surface area contributed by atoms with Gasteiger partial charge in [0.15, 0.2) is 0 Å². The van der Waals surface area contributed by atoms with Crippen molar-refractivity contribution in [3.05, 3.63) is 58.3 Å². The number of carbonyl (C=O) groups excluding carboxylic acids is 2. The van der Waals surface area contributed by atoms with Crippen LogP contribution in [-0.4, -0.2) is 66.9 Å². The fourth-order valence-electron chi connectivity index (χ4n) is 3.54. The van der Waals surface area contributed by atoms with E-state index in [0.29, 0.717) is 24.2 Å². The summed E-state index contributed by atoms with van der Waals surface area (Å²) in [6.07, 6.45) is 0. The van der Waals surface area contributed by atoms with Gasteiger partial charge in [-0.3, -0.25) is 9.59 Å². The number of hydrogen-bond acceptors (Lipinski definition) is 4. The molecule has 6 nitrogen and oxygen atoms in total. The molecule has 0 atom stereocenters. The molecule has 6 heteroatoms. The molecule has 0 unspecified atom stereocenters. The first-order chi connectivity index (χ1) is 13.3. The Morgan fingerprint density at radius 2 is 1.54 bits per heavy atom. The van der Waals surface area contributed by atoms with Crippen LogP contribution in [0.1, 0.15) is 37.5 Å². The van der Waals surface area contributed by atoms with Crippen LogP contribution in [-0.2, 0) is 0 Å². The van der Waals surface area contributed by atoms with Crippen LogP contribution in [0, 0.1) is 20.8 Å². The minimum atomic E-state index is -0.155. The SMILES string of the molecule is Cc1cc(C)c(N2CCN(C(=O)c3ccccc3C(=O)N(C)C)CC2)nc1C. The molecule has 1 fully saturated rings. The third-order valence-electron chi connectivity index (χ3n) is 5.29. The molecule has 0 radical (unpaired) electrons. The molecule has 2 amide bonds. The van der Waals surface area contributed by atoms with Crippen molar-refractivity contribution in [2.75, 3.05) is 45.2 Å². The number of piperazine rings is 1. The van der Waals surface area contributed by atoms with E-state index in [4.69, 9.17) is 4.98 Å². The van der Waals surface area contributed by atoms with Gasteiger partial charge in [-0.2, -0.15) is 0 Å². The molecular formula is C22H28N4O2. The van der Waals surface area contributed by atoms with Gasteiger partial charge < -0.3 is 14.7 Å². The number of pyridine rings is 1. The summed E-state index contributed by atoms with van der Waals surface area (Å²) < 4.78 is 0. The summed E-state index contributed by atoms with van der Waals surface area (Å²) >= 11 is 0. The lowest BCUT2D eigenvalue weighted by Gasteiger charge is -2.36. The van der Waals surface area contributed by atoms with Crippen LogP contribution in [0.3, 0.4) is 0 Å². The molecule has 1 aliphatic heterocycles. The van der Waals surface area contributed by atoms with E-state index in [9.17, 15) is 9.59 Å². The van der Waals surface area contributed by atoms with Gasteiger partial charge in [-0.05, 0) is 44.0 Å². The van der Waals surface area contributed by atoms with Crippen LogP contribution >= 0.6 is 0 Å². The van der Waals surface area contributed by atoms with Gasteiger partial charge in [0, 0.05) is 46.0 Å². The Morgan fingerprint density at radius 3 is 2.14 bits per heavy atom. The van der Waals surface area contributed by atoms with Crippen molar-refractivity contribution in [1.29, 1.82) is 0 Å². The molecule has 0 N–H and O–H groups in total. The van der Waals surface area contributed by atoms with E-state index in [2.05, 4.69) is 24.8 Å². The van der Waals surface area contributed by atoms with Crippen molar-refractivity contribution in [3.63, 3.8) is 0 Å². The predicted molar refractivity (Wildman–Crippen MR) is 111 cm³/mol. The maximum absolute atomic E-state index is 13.1. The largest absolute Gasteiger partial charge is 0.353 e. The van der Waals surface area contributed by atoms with Crippen LogP contribution < -0.4 is 4.90 Å². The summed E-state index contributed by atoms with van der Waals surface area (Å²) in [6, 6.07) is 9.21. The van der Waals surface area contributed by atoms with Gasteiger partial charge in [0.05, 0.1) is 11.1 Å². The number of anilines is 1. The van der Waals surface area contributed by atoms with Crippen LogP contribution in [0.25, 0.3) is 0 Å². The number of hydrogen-bond donors (Lipinski definition) is 0. The fraction of sp³-hybridized carbons (Fsp3) is 0.409. The van der Waals surface area contributed by atoms with E-state index in [1.807, 2.05) is 11.8 Å². The summed E-state index contributed by atoms with van der Waals surface area (Å²) in [5, 5.41) is 0. The van der Waals surface area contributed by atoms with E-state index in [1.165, 1.54) is 10.5 Å². The Labute approximate surface area is 166 Å². The summed E-state index contributed by atoms with van der Waals surface area (Å²) in [5.74, 6) is 0.756. The molecule has 2 heterocycles. The van der Waals surface area contributed by atoms with Gasteiger partial charge in [0.2, 0.25) is 0 Å². The first kappa shape index (κ1) is 19.9. The molecule has 2 aromatic rings. The zero-order valence-electron chi connectivity index (χ0n) is 17.3. The maximum Gasteiger partial charge on any atom is 0.254 e. The molecule has 0 bridgehead atoms. The molecule has 1 aromatic heterocycles. The second-order valence-corrected chi connectivity index (χ2v) is 7.56. The third-order valence-corrected chi connectivity index (χ3v) is 5.29. The summed E-state index contributed by atoms with van der Waals surface area (Å²) in [6.45, 7) is 8.85. The minimum Gasteiger partial charge on any atom is -0.353 e. The molecule has 148 valence electrons. The maximum atomic E-state index is 13.1. The highest BCUT2D eigenvalue weighted by molar-refractivity contribution is 6.07. The molecule has 1 aliphatic rings. The molecule has 1 saturated heterocycles. The average Bonchev–Trinajstić information content (AvgIpc) is 2.69. The van der Waals surface area contributed by atoms with Gasteiger partial charge in [0.1, 0.15) is 5.82 Å². The number of carbonyl (C=O) groups is 2. The number of rotatable bonds is 3. The summed E-state index contributed by atoms with van der Waals surface area (Å²) in [5.41, 5.74) is 4.30. The zero-order chi connectivity index (χ0) is 20.4. The van der Waals surface area contributed by atoms with E-state index in [-0.39, 0.29) is 11.8 Å². The lowest BCUT2D eigenvalue weighted by molar-refractivity contribution is 0.0731. The second kappa shape index (κ2) is 8.00. The molecule has 0 aliphatic carbocycles. The Balaban J connectivity index is 1.75. The van der Waals surface area contributed by atoms with Crippen LogP contribution in [0.4, 0.5) is 5.82 Å². The van der Waals surface area contributed by atoms with Crippen molar-refractivity contribution in [1.82, 2.24) is 14.8 Å². The second-order valence-electron chi connectivity index (χ2n) is 7.56. The van der Waals surface area contributed by atoms with Crippen molar-refractivity contribution in [3.8, 4) is 0 Å². The number of amides is 2. The quantitative estimate of drug-likeness (QED) is 0.822. The Bertz CT molecular complexity index is 899. The summed E-state index contributed by atoms with van der Waals surface area (Å²) in [7, 11) is 3.39. The molecule has 0 saturated carbocycles. The fourth-order valence-corrected chi connectivity index (χ4v) is 3.54. The van der Waals surface area contributed by atoms with E-state index < -0.39 is 0 Å². The van der Waals surface area contributed by atoms with Crippen LogP contribution in [0.5, 0.6) is 0 Å². The molecule has 3 rings (SSSR count). The zero-order valence-corrected chi connectivity index (χ0v) is 17.3. The number of aryl methyl sites for hydroxylation is 3. The molecule has 0 spiro atoms. The van der Waals surface area contributed by atoms with Crippen LogP contribution in [0.2, 0.25) is 0 Å². The van der Waals surface area contributed by atoms with E-state index >= 15 is 0 Å². The highest BCUT2D eigenvalue weighted by Gasteiger charge is 2.26. The lowest BCUT2D eigenvalue weighted by atomic mass is 10.0. The van der Waals surface area contributed by atoms with Gasteiger partial charge in [-0.25, -0.2) is 4.98 Å². The first-order valence-corrected chi connectivity index (χ1v) is 9.59. The highest BCUT2D eigenvalue weighted by atomic mass is 16.2. The van der Waals surface area contributed by atoms with Crippen LogP contribution in [0.15, 0.2) is 30.3 Å². The Kier molecular flexibility index (Phi) is 5.68. The van der Waals surface area contributed by atoms with Gasteiger partial charge >= 0.3 is 0 Å². The number of benzene rings is 1. The standard InChI is InChI=1S/C22H28N4O2/c1-15-14-16(2)20(23-17(15)3)25-10-12-26(13-11-25)22(28)19-9-7-6-8-18(19)21(27)24(4)5/h6-9,14H,10-13H2,1-5H3. The lowest BCUT2D eigenvalue weighted by Crippen LogP contribution is -2.49. The summed E-state index contributed by atoms with van der Waals surface area (Å²) in [4.78, 5) is 35.8. The average molecular weight is 380 g/mol. The predicted octanol–water partition coefficient (Wildman–Crippen LogP) is 2.67. The van der Waals surface area contributed by atoms with E-state index in [1.54, 1.807) is 38.4 Å². The third kappa shape index (κ3) is 3.86. The molecule has 28 heavy (non-hydrogen) atoms. The van der Waals surface area contributed by atoms with Crippen molar-refractivity contribution in [2.24, 2.45) is 0 Å². The normalized spacial score (nSPS) is 14.2. The van der Waals surface area contributed by atoms with Crippen molar-refractivity contribution in [2.45, 2.75) is 20.8 Å². The molecular weight excluding hydrogens is 352 g/mol. The van der Waals surface area contributed by atoms with Gasteiger partial charge in [-0.15, -0.1) is 0 Å². The van der Waals surface area contributed by atoms with E-state index in [0.717, 1.165) is 30.2 Å². The number of nitrogens with zero attached hydrogens (tertiary/aromatic N) is 4. The highest BCUT2D eigenvalue weighted by Crippen LogP contribution is 2.22. The van der Waals surface area contributed by atoms with Gasteiger partial charge in [-0.1, -0.05) is 18.2 Å². The smallest absolute Gasteiger partial charge is 0.254 e. The monoisotopic (exact) mass is 380 g/mol. The minimum absolute atomic E-state index is 0.0878. The van der Waals surface area contributed by atoms with Gasteiger partial charge in [0.25, 0.3) is 11.8 Å². The Morgan fingerprint density at radius 1 is 0.929 bits per heavy atom. The number of aromatic nitrogens is 1. The topological polar surface area (TPSA) is 56.8 Å². The van der Waals surface area contributed by atoms with Crippen molar-refractivity contribution < 1.29 is 9.59 Å².